The first-order valence-corrected chi connectivity index (χ1v) is 10.3. The summed E-state index contributed by atoms with van der Waals surface area (Å²) in [6.07, 6.45) is 7.56. The number of nitro groups is 1. The minimum Gasteiger partial charge on any atom is -0.501 e. The van der Waals surface area contributed by atoms with Crippen LogP contribution in [0.25, 0.3) is 22.8 Å². The van der Waals surface area contributed by atoms with Crippen molar-refractivity contribution in [1.82, 2.24) is 14.3 Å². The summed E-state index contributed by atoms with van der Waals surface area (Å²) in [4.78, 5) is 10.9. The fourth-order valence-electron chi connectivity index (χ4n) is 4.20. The number of non-ortho nitro benzene ring substituents is 1. The zero-order chi connectivity index (χ0) is 21.4. The van der Waals surface area contributed by atoms with E-state index < -0.39 is 0 Å². The number of benzene rings is 2. The van der Waals surface area contributed by atoms with Crippen LogP contribution in [-0.2, 0) is 13.0 Å². The number of aromatic nitrogens is 4. The van der Waals surface area contributed by atoms with Crippen molar-refractivity contribution in [2.45, 2.75) is 32.2 Å². The molecule has 4 aromatic rings. The highest BCUT2D eigenvalue weighted by atomic mass is 16.6. The molecule has 0 saturated carbocycles. The number of aromatic hydroxyl groups is 1. The molecule has 0 unspecified atom stereocenters. The van der Waals surface area contributed by atoms with Crippen LogP contribution in [0.15, 0.2) is 67.0 Å². The molecule has 8 heteroatoms. The third kappa shape index (κ3) is 3.46. The van der Waals surface area contributed by atoms with Crippen LogP contribution >= 0.6 is 0 Å². The second kappa shape index (κ2) is 7.71. The van der Waals surface area contributed by atoms with E-state index in [1.165, 1.54) is 6.07 Å². The fraction of sp³-hybridized carbons (Fsp3) is 0.217. The molecule has 0 bridgehead atoms. The smallest absolute Gasteiger partial charge is 0.334 e. The Morgan fingerprint density at radius 3 is 2.71 bits per heavy atom. The minimum atomic E-state index is -0.378. The molecule has 0 radical (unpaired) electrons. The maximum absolute atomic E-state index is 11.3. The summed E-state index contributed by atoms with van der Waals surface area (Å²) in [6, 6.07) is 16.3. The molecule has 8 nitrogen and oxygen atoms in total. The van der Waals surface area contributed by atoms with E-state index >= 15 is 0 Å². The largest absolute Gasteiger partial charge is 0.501 e. The number of imidazole rings is 1. The maximum Gasteiger partial charge on any atom is 0.334 e. The number of nitrogens with zero attached hydrogens (tertiary/aromatic N) is 5. The van der Waals surface area contributed by atoms with Gasteiger partial charge in [-0.15, -0.1) is 0 Å². The van der Waals surface area contributed by atoms with Gasteiger partial charge in [-0.3, -0.25) is 14.7 Å². The van der Waals surface area contributed by atoms with Crippen molar-refractivity contribution in [2.24, 2.45) is 0 Å². The highest BCUT2D eigenvalue weighted by molar-refractivity contribution is 5.62. The van der Waals surface area contributed by atoms with Crippen molar-refractivity contribution in [2.75, 3.05) is 0 Å². The van der Waals surface area contributed by atoms with Gasteiger partial charge in [-0.05, 0) is 36.5 Å². The average molecular weight is 416 g/mol. The summed E-state index contributed by atoms with van der Waals surface area (Å²) in [5, 5.41) is 26.6. The highest BCUT2D eigenvalue weighted by Crippen LogP contribution is 2.29. The van der Waals surface area contributed by atoms with Crippen LogP contribution in [0.1, 0.15) is 25.1 Å². The molecular weight excluding hydrogens is 394 g/mol. The van der Waals surface area contributed by atoms with E-state index in [1.807, 2.05) is 47.2 Å². The van der Waals surface area contributed by atoms with Crippen molar-refractivity contribution >= 4 is 5.69 Å². The topological polar surface area (TPSA) is 90.0 Å². The molecule has 0 saturated heterocycles. The third-order valence-corrected chi connectivity index (χ3v) is 5.69. The Kier molecular flexibility index (Phi) is 4.74. The Morgan fingerprint density at radius 1 is 1.06 bits per heavy atom. The summed E-state index contributed by atoms with van der Waals surface area (Å²) in [5.41, 5.74) is 2.57. The highest BCUT2D eigenvalue weighted by Gasteiger charge is 2.29. The van der Waals surface area contributed by atoms with Crippen molar-refractivity contribution in [3.05, 3.63) is 82.9 Å². The molecule has 0 aliphatic carbocycles. The van der Waals surface area contributed by atoms with Crippen molar-refractivity contribution in [1.29, 1.82) is 0 Å². The zero-order valence-corrected chi connectivity index (χ0v) is 16.9. The molecule has 0 spiro atoms. The second-order valence-corrected chi connectivity index (χ2v) is 7.69. The molecule has 0 fully saturated rings. The van der Waals surface area contributed by atoms with Crippen LogP contribution < -0.4 is 4.57 Å². The molecule has 3 heterocycles. The van der Waals surface area contributed by atoms with Crippen LogP contribution in [0.4, 0.5) is 5.69 Å². The van der Waals surface area contributed by atoms with E-state index in [0.717, 1.165) is 55.0 Å². The van der Waals surface area contributed by atoms with Crippen LogP contribution in [-0.4, -0.2) is 24.4 Å². The molecule has 0 amide bonds. The number of fused-ring (bicyclic) bond motifs is 1. The van der Waals surface area contributed by atoms with Gasteiger partial charge in [-0.25, -0.2) is 0 Å². The summed E-state index contributed by atoms with van der Waals surface area (Å²) >= 11 is 0. The van der Waals surface area contributed by atoms with E-state index in [9.17, 15) is 15.2 Å². The van der Waals surface area contributed by atoms with Crippen LogP contribution in [0, 0.1) is 10.1 Å². The quantitative estimate of drug-likeness (QED) is 0.310. The second-order valence-electron chi connectivity index (χ2n) is 7.69. The Labute approximate surface area is 178 Å². The van der Waals surface area contributed by atoms with Gasteiger partial charge in [0, 0.05) is 24.1 Å². The molecule has 1 N–H and O–H groups in total. The molecule has 2 aromatic heterocycles. The lowest BCUT2D eigenvalue weighted by molar-refractivity contribution is -0.608. The van der Waals surface area contributed by atoms with E-state index in [2.05, 4.69) is 9.67 Å². The van der Waals surface area contributed by atoms with Gasteiger partial charge in [0.2, 0.25) is 11.6 Å². The molecule has 1 aliphatic rings. The van der Waals surface area contributed by atoms with Crippen LogP contribution in [0.5, 0.6) is 5.75 Å². The van der Waals surface area contributed by atoms with Crippen LogP contribution in [0.3, 0.4) is 0 Å². The van der Waals surface area contributed by atoms with Gasteiger partial charge in [0.1, 0.15) is 11.9 Å². The van der Waals surface area contributed by atoms with Gasteiger partial charge in [0.05, 0.1) is 23.4 Å². The monoisotopic (exact) mass is 416 g/mol. The lowest BCUT2D eigenvalue weighted by Gasteiger charge is -2.04. The third-order valence-electron chi connectivity index (χ3n) is 5.69. The zero-order valence-electron chi connectivity index (χ0n) is 16.9. The Morgan fingerprint density at radius 2 is 1.90 bits per heavy atom. The summed E-state index contributed by atoms with van der Waals surface area (Å²) < 4.78 is 5.78. The van der Waals surface area contributed by atoms with Gasteiger partial charge < -0.3 is 5.11 Å². The molecule has 156 valence electrons. The summed E-state index contributed by atoms with van der Waals surface area (Å²) in [7, 11) is 0. The molecule has 5 rings (SSSR count). The molecule has 2 aromatic carbocycles. The lowest BCUT2D eigenvalue weighted by Crippen LogP contribution is -2.35. The first-order valence-electron chi connectivity index (χ1n) is 10.3. The van der Waals surface area contributed by atoms with Crippen molar-refractivity contribution in [3.63, 3.8) is 0 Å². The lowest BCUT2D eigenvalue weighted by atomic mass is 10.1. The van der Waals surface area contributed by atoms with E-state index in [4.69, 9.17) is 0 Å². The summed E-state index contributed by atoms with van der Waals surface area (Å²) in [5.74, 6) is 1.57. The van der Waals surface area contributed by atoms with E-state index in [-0.39, 0.29) is 16.4 Å². The van der Waals surface area contributed by atoms with E-state index in [0.29, 0.717) is 5.82 Å². The molecule has 1 aliphatic heterocycles. The number of rotatable bonds is 4. The van der Waals surface area contributed by atoms with E-state index in [1.54, 1.807) is 23.0 Å². The maximum atomic E-state index is 11.3. The van der Waals surface area contributed by atoms with Gasteiger partial charge in [-0.2, -0.15) is 9.25 Å². The molecule has 31 heavy (non-hydrogen) atoms. The number of hydrogen-bond acceptors (Lipinski definition) is 4. The number of hydrogen-bond donors (Lipinski definition) is 1. The fourth-order valence-corrected chi connectivity index (χ4v) is 4.20. The first kappa shape index (κ1) is 19.0. The van der Waals surface area contributed by atoms with Gasteiger partial charge >= 0.3 is 5.82 Å². The average Bonchev–Trinajstić information content (AvgIpc) is 3.25. The van der Waals surface area contributed by atoms with Gasteiger partial charge in [-0.1, -0.05) is 30.3 Å². The molecule has 0 atom stereocenters. The predicted molar refractivity (Wildman–Crippen MR) is 114 cm³/mol. The van der Waals surface area contributed by atoms with Crippen molar-refractivity contribution in [3.8, 4) is 28.5 Å². The number of para-hydroxylation sites is 1. The van der Waals surface area contributed by atoms with Crippen LogP contribution in [0.2, 0.25) is 0 Å². The molecular formula is C23H22N5O3+. The normalized spacial score (nSPS) is 13.5. The van der Waals surface area contributed by atoms with Crippen molar-refractivity contribution < 1.29 is 14.6 Å². The Balaban J connectivity index is 1.66. The Hall–Kier alpha value is -3.94. The van der Waals surface area contributed by atoms with Gasteiger partial charge in [0.25, 0.3) is 5.69 Å². The standard InChI is InChI=1S/C23H21N5O3/c29-21-16-27(18-9-3-1-4-10-18)24-23(21)26-15-20(25-13-6-2-5-12-22(25)26)17-8-7-11-19(14-17)28(30)31/h1,3-4,7-11,14-16H,2,5-6,12-13H2/p+1. The van der Waals surface area contributed by atoms with Gasteiger partial charge in [0.15, 0.2) is 0 Å². The minimum absolute atomic E-state index is 0.0597. The first-order chi connectivity index (χ1) is 15.1. The SMILES string of the molecule is O=[N+]([O-])c1cccc(-c2c[n+](-c3nn(-c4ccccc4)cc3O)c3n2CCCCC3)c1. The number of nitro benzene ring substituents is 1. The summed E-state index contributed by atoms with van der Waals surface area (Å²) in [6.45, 7) is 0.820. The predicted octanol–water partition coefficient (Wildman–Crippen LogP) is 3.96. The Bertz CT molecular complexity index is 1260.